The predicted octanol–water partition coefficient (Wildman–Crippen LogP) is 3.70. The van der Waals surface area contributed by atoms with E-state index in [0.717, 1.165) is 5.25 Å². The molecule has 2 atom stereocenters. The fraction of sp³-hybridized carbons (Fsp3) is 1.00. The van der Waals surface area contributed by atoms with Crippen LogP contribution in [-0.2, 0) is 0 Å². The Morgan fingerprint density at radius 3 is 2.10 bits per heavy atom. The van der Waals surface area contributed by atoms with Gasteiger partial charge in [-0.25, -0.2) is 0 Å². The molecule has 0 aromatic carbocycles. The molecule has 0 aromatic rings. The van der Waals surface area contributed by atoms with Gasteiger partial charge in [-0.1, -0.05) is 40.3 Å². The van der Waals surface area contributed by atoms with Gasteiger partial charge in [0.2, 0.25) is 0 Å². The summed E-state index contributed by atoms with van der Waals surface area (Å²) < 4.78 is 0.398. The van der Waals surface area contributed by atoms with Gasteiger partial charge in [0.25, 0.3) is 0 Å². The van der Waals surface area contributed by atoms with E-state index < -0.39 is 0 Å². The third-order valence-electron chi connectivity index (χ3n) is 1.49. The minimum Gasteiger partial charge on any atom is -0.143 e. The van der Waals surface area contributed by atoms with E-state index >= 15 is 0 Å². The molecule has 0 fully saturated rings. The summed E-state index contributed by atoms with van der Waals surface area (Å²) >= 11 is 7.19. The Bertz CT molecular complexity index is 81.3. The first-order valence-electron chi connectivity index (χ1n) is 3.89. The molecule has 0 aliphatic carbocycles. The summed E-state index contributed by atoms with van der Waals surface area (Å²) in [5.41, 5.74) is 0. The first-order valence-corrected chi connectivity index (χ1v) is 5.30. The molecular weight excluding hydrogens is 160 g/mol. The molecule has 0 N–H and O–H groups in total. The highest BCUT2D eigenvalue weighted by Crippen LogP contribution is 2.27. The maximum Gasteiger partial charge on any atom is 0.0631 e. The van der Waals surface area contributed by atoms with E-state index in [1.54, 1.807) is 0 Å². The second-order valence-electron chi connectivity index (χ2n) is 2.97. The van der Waals surface area contributed by atoms with Crippen LogP contribution in [0.3, 0.4) is 0 Å². The van der Waals surface area contributed by atoms with Crippen molar-refractivity contribution >= 4 is 24.4 Å². The summed E-state index contributed by atoms with van der Waals surface area (Å²) in [7, 11) is 0. The lowest BCUT2D eigenvalue weighted by atomic mass is 10.3. The molecule has 0 spiro atoms. The SMILES string of the molecule is CCC(C)SC([S])C(C)C. The normalized spacial score (nSPS) is 17.4. The number of hydrogen-bond donors (Lipinski definition) is 0. The Kier molecular flexibility index (Phi) is 5.74. The fourth-order valence-electron chi connectivity index (χ4n) is 0.482. The molecule has 0 aliphatic rings. The van der Waals surface area contributed by atoms with Gasteiger partial charge in [0, 0.05) is 5.25 Å². The van der Waals surface area contributed by atoms with Crippen LogP contribution in [0.15, 0.2) is 0 Å². The van der Waals surface area contributed by atoms with E-state index in [-0.39, 0.29) is 0 Å². The van der Waals surface area contributed by atoms with Crippen molar-refractivity contribution in [3.63, 3.8) is 0 Å². The summed E-state index contributed by atoms with van der Waals surface area (Å²) in [5, 5.41) is 0.727. The second-order valence-corrected chi connectivity index (χ2v) is 5.36. The predicted molar refractivity (Wildman–Crippen MR) is 53.6 cm³/mol. The Morgan fingerprint density at radius 1 is 1.30 bits per heavy atom. The minimum absolute atomic E-state index is 0.398. The van der Waals surface area contributed by atoms with Crippen molar-refractivity contribution in [2.75, 3.05) is 0 Å². The van der Waals surface area contributed by atoms with Gasteiger partial charge in [0.15, 0.2) is 0 Å². The minimum atomic E-state index is 0.398. The molecular formula is C8H17S2. The summed E-state index contributed by atoms with van der Waals surface area (Å²) in [4.78, 5) is 0. The van der Waals surface area contributed by atoms with Crippen LogP contribution < -0.4 is 0 Å². The molecule has 0 bridgehead atoms. The number of rotatable bonds is 4. The molecule has 0 nitrogen and oxygen atoms in total. The molecule has 0 saturated carbocycles. The van der Waals surface area contributed by atoms with E-state index in [9.17, 15) is 0 Å². The molecule has 1 radical (unpaired) electrons. The van der Waals surface area contributed by atoms with Gasteiger partial charge in [-0.15, -0.1) is 11.8 Å². The average Bonchev–Trinajstić information content (AvgIpc) is 1.87. The van der Waals surface area contributed by atoms with Crippen molar-refractivity contribution in [2.24, 2.45) is 5.92 Å². The summed E-state index contributed by atoms with van der Waals surface area (Å²) in [5.74, 6) is 0.633. The summed E-state index contributed by atoms with van der Waals surface area (Å²) in [6, 6.07) is 0. The Balaban J connectivity index is 3.46. The maximum atomic E-state index is 5.27. The highest BCUT2D eigenvalue weighted by Gasteiger charge is 2.12. The summed E-state index contributed by atoms with van der Waals surface area (Å²) in [6.07, 6.45) is 1.23. The molecule has 0 amide bonds. The van der Waals surface area contributed by atoms with Crippen molar-refractivity contribution in [1.29, 1.82) is 0 Å². The fourth-order valence-corrected chi connectivity index (χ4v) is 2.02. The van der Waals surface area contributed by atoms with Crippen LogP contribution >= 0.6 is 24.4 Å². The van der Waals surface area contributed by atoms with Gasteiger partial charge in [0.05, 0.1) is 4.58 Å². The van der Waals surface area contributed by atoms with Crippen LogP contribution in [0.1, 0.15) is 34.1 Å². The van der Waals surface area contributed by atoms with Gasteiger partial charge >= 0.3 is 0 Å². The topological polar surface area (TPSA) is 0 Å². The lowest BCUT2D eigenvalue weighted by Crippen LogP contribution is -2.07. The zero-order valence-corrected chi connectivity index (χ0v) is 8.89. The smallest absolute Gasteiger partial charge is 0.0631 e. The van der Waals surface area contributed by atoms with E-state index in [4.69, 9.17) is 12.6 Å². The zero-order chi connectivity index (χ0) is 8.15. The highest BCUT2D eigenvalue weighted by molar-refractivity contribution is 8.10. The first-order chi connectivity index (χ1) is 4.57. The number of thioether (sulfide) groups is 1. The monoisotopic (exact) mass is 177 g/mol. The van der Waals surface area contributed by atoms with Crippen LogP contribution in [0.5, 0.6) is 0 Å². The third-order valence-corrected chi connectivity index (χ3v) is 3.97. The van der Waals surface area contributed by atoms with Gasteiger partial charge in [-0.05, 0) is 12.3 Å². The van der Waals surface area contributed by atoms with Gasteiger partial charge in [-0.3, -0.25) is 0 Å². The lowest BCUT2D eigenvalue weighted by molar-refractivity contribution is 0.718. The maximum absolute atomic E-state index is 5.27. The molecule has 0 heterocycles. The molecule has 0 aromatic heterocycles. The van der Waals surface area contributed by atoms with Gasteiger partial charge < -0.3 is 0 Å². The van der Waals surface area contributed by atoms with Gasteiger partial charge in [-0.2, -0.15) is 0 Å². The van der Waals surface area contributed by atoms with E-state index in [2.05, 4.69) is 27.7 Å². The second kappa shape index (κ2) is 5.36. The number of hydrogen-bond acceptors (Lipinski definition) is 1. The Hall–Kier alpha value is 0.700. The van der Waals surface area contributed by atoms with Crippen molar-refractivity contribution in [3.05, 3.63) is 0 Å². The average molecular weight is 177 g/mol. The van der Waals surface area contributed by atoms with E-state index in [1.165, 1.54) is 6.42 Å². The van der Waals surface area contributed by atoms with Crippen LogP contribution in [0, 0.1) is 5.92 Å². The van der Waals surface area contributed by atoms with Crippen LogP contribution in [-0.4, -0.2) is 9.83 Å². The van der Waals surface area contributed by atoms with E-state index in [1.807, 2.05) is 11.8 Å². The van der Waals surface area contributed by atoms with E-state index in [0.29, 0.717) is 10.5 Å². The highest BCUT2D eigenvalue weighted by atomic mass is 32.2. The molecule has 2 heteroatoms. The molecule has 0 saturated heterocycles. The summed E-state index contributed by atoms with van der Waals surface area (Å²) in [6.45, 7) is 8.83. The standard InChI is InChI=1S/C8H17S2/c1-5-7(4)10-8(9)6(2)3/h6-8H,5H2,1-4H3. The molecule has 61 valence electrons. The van der Waals surface area contributed by atoms with Crippen molar-refractivity contribution in [1.82, 2.24) is 0 Å². The van der Waals surface area contributed by atoms with Crippen LogP contribution in [0.25, 0.3) is 0 Å². The molecule has 2 unspecified atom stereocenters. The van der Waals surface area contributed by atoms with Crippen molar-refractivity contribution in [3.8, 4) is 0 Å². The van der Waals surface area contributed by atoms with Crippen molar-refractivity contribution < 1.29 is 0 Å². The van der Waals surface area contributed by atoms with Crippen LogP contribution in [0.2, 0.25) is 0 Å². The lowest BCUT2D eigenvalue weighted by Gasteiger charge is -2.16. The zero-order valence-electron chi connectivity index (χ0n) is 7.26. The Morgan fingerprint density at radius 2 is 1.80 bits per heavy atom. The largest absolute Gasteiger partial charge is 0.143 e. The molecule has 0 aliphatic heterocycles. The van der Waals surface area contributed by atoms with Crippen molar-refractivity contribution in [2.45, 2.75) is 43.9 Å². The Labute approximate surface area is 74.6 Å². The first kappa shape index (κ1) is 10.7. The van der Waals surface area contributed by atoms with Crippen LogP contribution in [0.4, 0.5) is 0 Å². The third kappa shape index (κ3) is 4.51. The van der Waals surface area contributed by atoms with Gasteiger partial charge in [0.1, 0.15) is 0 Å². The quantitative estimate of drug-likeness (QED) is 0.631. The molecule has 10 heavy (non-hydrogen) atoms. The molecule has 0 rings (SSSR count).